The number of hydrogen-bond donors (Lipinski definition) is 1. The normalized spacial score (nSPS) is 10.4. The summed E-state index contributed by atoms with van der Waals surface area (Å²) in [5.41, 5.74) is 2.85. The van der Waals surface area contributed by atoms with Crippen LogP contribution in [0.5, 0.6) is 0 Å². The van der Waals surface area contributed by atoms with Crippen LogP contribution < -0.4 is 0 Å². The summed E-state index contributed by atoms with van der Waals surface area (Å²) in [5, 5.41) is 0. The fourth-order valence-corrected chi connectivity index (χ4v) is 2.19. The molecule has 0 aliphatic carbocycles. The number of nitrogens with one attached hydrogen (secondary N) is 1. The van der Waals surface area contributed by atoms with Crippen molar-refractivity contribution in [2.24, 2.45) is 0 Å². The van der Waals surface area contributed by atoms with E-state index in [1.165, 1.54) is 0 Å². The number of ketones is 1. The Kier molecular flexibility index (Phi) is 3.17. The van der Waals surface area contributed by atoms with Crippen LogP contribution in [0.3, 0.4) is 0 Å². The lowest BCUT2D eigenvalue weighted by molar-refractivity contribution is 0.103. The summed E-state index contributed by atoms with van der Waals surface area (Å²) >= 11 is 0. The number of carbonyl (C=O) groups is 1. The van der Waals surface area contributed by atoms with Gasteiger partial charge in [0.15, 0.2) is 0 Å². The molecule has 0 atom stereocenters. The summed E-state index contributed by atoms with van der Waals surface area (Å²) in [5.74, 6) is 0.702. The number of aryl methyl sites for hydroxylation is 1. The first kappa shape index (κ1) is 12.4. The molecule has 0 spiro atoms. The SMILES string of the molecule is Cc1nc(-c2ccccc2)c(C(=O)c2ccccc2)[nH]1. The second kappa shape index (κ2) is 5.13. The van der Waals surface area contributed by atoms with Gasteiger partial charge in [-0.2, -0.15) is 0 Å². The molecule has 0 fully saturated rings. The minimum Gasteiger partial charge on any atom is -0.339 e. The number of carbonyl (C=O) groups excluding carboxylic acids is 1. The highest BCUT2D eigenvalue weighted by atomic mass is 16.1. The third kappa shape index (κ3) is 2.26. The van der Waals surface area contributed by atoms with Crippen LogP contribution in [0.15, 0.2) is 60.7 Å². The van der Waals surface area contributed by atoms with E-state index in [4.69, 9.17) is 0 Å². The van der Waals surface area contributed by atoms with E-state index in [-0.39, 0.29) is 5.78 Å². The number of rotatable bonds is 3. The van der Waals surface area contributed by atoms with Crippen molar-refractivity contribution in [1.29, 1.82) is 0 Å². The zero-order valence-electron chi connectivity index (χ0n) is 11.1. The molecule has 0 unspecified atom stereocenters. The van der Waals surface area contributed by atoms with Crippen LogP contribution in [-0.4, -0.2) is 15.8 Å². The van der Waals surface area contributed by atoms with Crippen LogP contribution >= 0.6 is 0 Å². The van der Waals surface area contributed by atoms with Gasteiger partial charge in [-0.05, 0) is 6.92 Å². The quantitative estimate of drug-likeness (QED) is 0.733. The second-order valence-electron chi connectivity index (χ2n) is 4.61. The first-order chi connectivity index (χ1) is 9.75. The number of hydrogen-bond acceptors (Lipinski definition) is 2. The van der Waals surface area contributed by atoms with Gasteiger partial charge in [-0.15, -0.1) is 0 Å². The summed E-state index contributed by atoms with van der Waals surface area (Å²) < 4.78 is 0. The molecule has 1 heterocycles. The topological polar surface area (TPSA) is 45.8 Å². The molecule has 0 bridgehead atoms. The predicted octanol–water partition coefficient (Wildman–Crippen LogP) is 3.62. The van der Waals surface area contributed by atoms with Crippen molar-refractivity contribution in [3.63, 3.8) is 0 Å². The van der Waals surface area contributed by atoms with Crippen LogP contribution in [0.1, 0.15) is 21.9 Å². The molecule has 3 rings (SSSR count). The standard InChI is InChI=1S/C17H14N2O/c1-12-18-15(13-8-4-2-5-9-13)16(19-12)17(20)14-10-6-3-7-11-14/h2-11H,1H3,(H,18,19). The summed E-state index contributed by atoms with van der Waals surface area (Å²) in [7, 11) is 0. The minimum absolute atomic E-state index is 0.0370. The number of H-pyrrole nitrogens is 1. The van der Waals surface area contributed by atoms with Crippen LogP contribution in [0.2, 0.25) is 0 Å². The van der Waals surface area contributed by atoms with E-state index in [1.54, 1.807) is 0 Å². The fourth-order valence-electron chi connectivity index (χ4n) is 2.19. The molecule has 0 aliphatic rings. The van der Waals surface area contributed by atoms with Gasteiger partial charge in [0.05, 0.1) is 5.69 Å². The number of aromatic amines is 1. The lowest BCUT2D eigenvalue weighted by Crippen LogP contribution is -2.03. The largest absolute Gasteiger partial charge is 0.339 e. The zero-order chi connectivity index (χ0) is 13.9. The second-order valence-corrected chi connectivity index (χ2v) is 4.61. The molecule has 0 saturated carbocycles. The van der Waals surface area contributed by atoms with Gasteiger partial charge < -0.3 is 4.98 Å². The molecule has 1 N–H and O–H groups in total. The van der Waals surface area contributed by atoms with E-state index in [9.17, 15) is 4.79 Å². The Balaban J connectivity index is 2.09. The van der Waals surface area contributed by atoms with E-state index in [0.717, 1.165) is 11.4 Å². The first-order valence-corrected chi connectivity index (χ1v) is 6.47. The Morgan fingerprint density at radius 3 is 2.20 bits per heavy atom. The van der Waals surface area contributed by atoms with Gasteiger partial charge in [0, 0.05) is 11.1 Å². The summed E-state index contributed by atoms with van der Waals surface area (Å²) in [6.07, 6.45) is 0. The minimum atomic E-state index is -0.0370. The molecule has 0 amide bonds. The number of aromatic nitrogens is 2. The Bertz CT molecular complexity index is 730. The maximum absolute atomic E-state index is 12.6. The highest BCUT2D eigenvalue weighted by Gasteiger charge is 2.18. The molecule has 3 heteroatoms. The first-order valence-electron chi connectivity index (χ1n) is 6.47. The Morgan fingerprint density at radius 1 is 0.950 bits per heavy atom. The molecular weight excluding hydrogens is 248 g/mol. The van der Waals surface area contributed by atoms with Crippen molar-refractivity contribution in [1.82, 2.24) is 9.97 Å². The third-order valence-electron chi connectivity index (χ3n) is 3.13. The van der Waals surface area contributed by atoms with E-state index in [1.807, 2.05) is 67.6 Å². The molecule has 98 valence electrons. The molecule has 0 radical (unpaired) electrons. The smallest absolute Gasteiger partial charge is 0.211 e. The van der Waals surface area contributed by atoms with Gasteiger partial charge in [-0.25, -0.2) is 4.98 Å². The van der Waals surface area contributed by atoms with E-state index in [2.05, 4.69) is 9.97 Å². The average Bonchev–Trinajstić information content (AvgIpc) is 2.90. The van der Waals surface area contributed by atoms with Crippen molar-refractivity contribution in [3.05, 3.63) is 77.7 Å². The zero-order valence-corrected chi connectivity index (χ0v) is 11.1. The van der Waals surface area contributed by atoms with Gasteiger partial charge >= 0.3 is 0 Å². The maximum atomic E-state index is 12.6. The molecular formula is C17H14N2O. The third-order valence-corrected chi connectivity index (χ3v) is 3.13. The van der Waals surface area contributed by atoms with Crippen LogP contribution in [0.4, 0.5) is 0 Å². The number of imidazole rings is 1. The maximum Gasteiger partial charge on any atom is 0.211 e. The van der Waals surface area contributed by atoms with Crippen LogP contribution in [0, 0.1) is 6.92 Å². The van der Waals surface area contributed by atoms with Gasteiger partial charge in [0.25, 0.3) is 0 Å². The van der Waals surface area contributed by atoms with Crippen molar-refractivity contribution >= 4 is 5.78 Å². The summed E-state index contributed by atoms with van der Waals surface area (Å²) in [4.78, 5) is 20.1. The molecule has 20 heavy (non-hydrogen) atoms. The Labute approximate surface area is 117 Å². The molecule has 0 saturated heterocycles. The molecule has 2 aromatic carbocycles. The van der Waals surface area contributed by atoms with Crippen molar-refractivity contribution in [2.75, 3.05) is 0 Å². The molecule has 3 nitrogen and oxygen atoms in total. The Hall–Kier alpha value is -2.68. The average molecular weight is 262 g/mol. The molecule has 0 aliphatic heterocycles. The van der Waals surface area contributed by atoms with Crippen molar-refractivity contribution in [3.8, 4) is 11.3 Å². The monoisotopic (exact) mass is 262 g/mol. The lowest BCUT2D eigenvalue weighted by Gasteiger charge is -2.02. The van der Waals surface area contributed by atoms with E-state index >= 15 is 0 Å². The number of benzene rings is 2. The summed E-state index contributed by atoms with van der Waals surface area (Å²) in [6.45, 7) is 1.86. The predicted molar refractivity (Wildman–Crippen MR) is 78.6 cm³/mol. The molecule has 1 aromatic heterocycles. The molecule has 3 aromatic rings. The highest BCUT2D eigenvalue weighted by molar-refractivity contribution is 6.11. The van der Waals surface area contributed by atoms with Crippen molar-refractivity contribution < 1.29 is 4.79 Å². The Morgan fingerprint density at radius 2 is 1.55 bits per heavy atom. The van der Waals surface area contributed by atoms with E-state index < -0.39 is 0 Å². The fraction of sp³-hybridized carbons (Fsp3) is 0.0588. The van der Waals surface area contributed by atoms with Crippen molar-refractivity contribution in [2.45, 2.75) is 6.92 Å². The van der Waals surface area contributed by atoms with E-state index in [0.29, 0.717) is 17.0 Å². The number of nitrogens with zero attached hydrogens (tertiary/aromatic N) is 1. The van der Waals surface area contributed by atoms with Gasteiger partial charge in [-0.3, -0.25) is 4.79 Å². The van der Waals surface area contributed by atoms with Gasteiger partial charge in [0.2, 0.25) is 5.78 Å². The van der Waals surface area contributed by atoms with Gasteiger partial charge in [0.1, 0.15) is 11.5 Å². The summed E-state index contributed by atoms with van der Waals surface area (Å²) in [6, 6.07) is 19.0. The van der Waals surface area contributed by atoms with Crippen LogP contribution in [0.25, 0.3) is 11.3 Å². The van der Waals surface area contributed by atoms with Crippen LogP contribution in [-0.2, 0) is 0 Å². The highest BCUT2D eigenvalue weighted by Crippen LogP contribution is 2.23. The lowest BCUT2D eigenvalue weighted by atomic mass is 10.0. The van der Waals surface area contributed by atoms with Gasteiger partial charge in [-0.1, -0.05) is 60.7 Å².